The van der Waals surface area contributed by atoms with Gasteiger partial charge < -0.3 is 15.2 Å². The van der Waals surface area contributed by atoms with Crippen LogP contribution in [0.25, 0.3) is 0 Å². The second-order valence-corrected chi connectivity index (χ2v) is 5.24. The molecule has 6 nitrogen and oxygen atoms in total. The first kappa shape index (κ1) is 18.1. The van der Waals surface area contributed by atoms with Gasteiger partial charge in [-0.15, -0.1) is 12.4 Å². The maximum Gasteiger partial charge on any atom is 0.241 e. The highest BCUT2D eigenvalue weighted by Gasteiger charge is 2.16. The molecule has 0 saturated heterocycles. The quantitative estimate of drug-likeness (QED) is 0.704. The van der Waals surface area contributed by atoms with Gasteiger partial charge >= 0.3 is 0 Å². The minimum absolute atomic E-state index is 0. The molecule has 0 fully saturated rings. The number of rotatable bonds is 7. The third kappa shape index (κ3) is 5.75. The number of benzene rings is 1. The van der Waals surface area contributed by atoms with Gasteiger partial charge in [0.15, 0.2) is 0 Å². The van der Waals surface area contributed by atoms with E-state index in [1.165, 1.54) is 13.2 Å². The van der Waals surface area contributed by atoms with Gasteiger partial charge in [-0.1, -0.05) is 6.07 Å². The number of methoxy groups -OCH3 is 1. The number of ether oxygens (including phenoxy) is 2. The van der Waals surface area contributed by atoms with Gasteiger partial charge in [0.1, 0.15) is 17.3 Å². The third-order valence-electron chi connectivity index (χ3n) is 2.29. The van der Waals surface area contributed by atoms with Gasteiger partial charge in [0.2, 0.25) is 10.0 Å². The van der Waals surface area contributed by atoms with Crippen LogP contribution in [0.1, 0.15) is 5.56 Å². The molecule has 0 radical (unpaired) electrons. The predicted octanol–water partition coefficient (Wildman–Crippen LogP) is 0.282. The van der Waals surface area contributed by atoms with Crippen molar-refractivity contribution in [3.05, 3.63) is 23.8 Å². The lowest BCUT2D eigenvalue weighted by molar-refractivity contribution is 0.144. The summed E-state index contributed by atoms with van der Waals surface area (Å²) in [6, 6.07) is 4.84. The largest absolute Gasteiger partial charge is 0.490 e. The van der Waals surface area contributed by atoms with Gasteiger partial charge in [-0.2, -0.15) is 0 Å². The van der Waals surface area contributed by atoms with Crippen LogP contribution in [0.2, 0.25) is 0 Å². The van der Waals surface area contributed by atoms with Gasteiger partial charge in [-0.3, -0.25) is 0 Å². The summed E-state index contributed by atoms with van der Waals surface area (Å²) < 4.78 is 33.1. The maximum atomic E-state index is 11.5. The Hall–Kier alpha value is -0.860. The number of hydrogen-bond donors (Lipinski definition) is 2. The van der Waals surface area contributed by atoms with Crippen LogP contribution in [-0.4, -0.2) is 35.3 Å². The molecule has 0 amide bonds. The smallest absolute Gasteiger partial charge is 0.241 e. The molecule has 4 N–H and O–H groups in total. The van der Waals surface area contributed by atoms with Gasteiger partial charge in [0.25, 0.3) is 0 Å². The van der Waals surface area contributed by atoms with Crippen molar-refractivity contribution in [1.29, 1.82) is 0 Å². The summed E-state index contributed by atoms with van der Waals surface area (Å²) in [5.74, 6) is 0.232. The summed E-state index contributed by atoms with van der Waals surface area (Å²) in [4.78, 5) is -0.0236. The van der Waals surface area contributed by atoms with Crippen LogP contribution in [0, 0.1) is 0 Å². The molecule has 0 aliphatic heterocycles. The Labute approximate surface area is 119 Å². The lowest BCUT2D eigenvalue weighted by Gasteiger charge is -2.11. The number of sulfonamides is 1. The molecule has 0 atom stereocenters. The van der Waals surface area contributed by atoms with E-state index in [9.17, 15) is 8.42 Å². The molecule has 1 aromatic carbocycles. The molecule has 110 valence electrons. The topological polar surface area (TPSA) is 105 Å². The second-order valence-electron chi connectivity index (χ2n) is 3.71. The number of primary sulfonamides is 1. The van der Waals surface area contributed by atoms with E-state index < -0.39 is 10.0 Å². The SMILES string of the molecule is COCCOc1ccc(CCN)cc1S(N)(=O)=O.Cl. The van der Waals surface area contributed by atoms with E-state index in [4.69, 9.17) is 20.3 Å². The highest BCUT2D eigenvalue weighted by atomic mass is 35.5. The second kappa shape index (κ2) is 8.34. The van der Waals surface area contributed by atoms with Gasteiger partial charge in [0.05, 0.1) is 6.61 Å². The fraction of sp³-hybridized carbons (Fsp3) is 0.455. The summed E-state index contributed by atoms with van der Waals surface area (Å²) in [5, 5.41) is 5.16. The first-order valence-electron chi connectivity index (χ1n) is 5.46. The average molecular weight is 311 g/mol. The molecule has 0 aliphatic carbocycles. The molecule has 0 aromatic heterocycles. The normalized spacial score (nSPS) is 10.9. The van der Waals surface area contributed by atoms with E-state index in [0.717, 1.165) is 5.56 Å². The maximum absolute atomic E-state index is 11.5. The molecule has 0 saturated carbocycles. The van der Waals surface area contributed by atoms with Crippen LogP contribution in [-0.2, 0) is 21.2 Å². The van der Waals surface area contributed by atoms with Gasteiger partial charge in [-0.05, 0) is 30.7 Å². The van der Waals surface area contributed by atoms with E-state index in [2.05, 4.69) is 0 Å². The predicted molar refractivity (Wildman–Crippen MR) is 75.2 cm³/mol. The van der Waals surface area contributed by atoms with Crippen molar-refractivity contribution >= 4 is 22.4 Å². The van der Waals surface area contributed by atoms with E-state index in [1.54, 1.807) is 12.1 Å². The zero-order valence-electron chi connectivity index (χ0n) is 10.7. The highest BCUT2D eigenvalue weighted by molar-refractivity contribution is 7.89. The molecule has 0 unspecified atom stereocenters. The molecular weight excluding hydrogens is 292 g/mol. The number of hydrogen-bond acceptors (Lipinski definition) is 5. The van der Waals surface area contributed by atoms with Crippen molar-refractivity contribution < 1.29 is 17.9 Å². The zero-order chi connectivity index (χ0) is 13.6. The zero-order valence-corrected chi connectivity index (χ0v) is 12.3. The van der Waals surface area contributed by atoms with Crippen molar-refractivity contribution in [3.63, 3.8) is 0 Å². The molecule has 1 rings (SSSR count). The molecule has 0 heterocycles. The monoisotopic (exact) mass is 310 g/mol. The van der Waals surface area contributed by atoms with Crippen LogP contribution in [0.3, 0.4) is 0 Å². The summed E-state index contributed by atoms with van der Waals surface area (Å²) in [6.07, 6.45) is 0.584. The van der Waals surface area contributed by atoms with Crippen LogP contribution < -0.4 is 15.6 Å². The van der Waals surface area contributed by atoms with Crippen molar-refractivity contribution in [3.8, 4) is 5.75 Å². The Morgan fingerprint density at radius 3 is 2.47 bits per heavy atom. The Balaban J connectivity index is 0.00000324. The van der Waals surface area contributed by atoms with E-state index >= 15 is 0 Å². The minimum Gasteiger partial charge on any atom is -0.490 e. The molecule has 0 bridgehead atoms. The Bertz CT molecular complexity index is 493. The minimum atomic E-state index is -3.82. The number of halogens is 1. The van der Waals surface area contributed by atoms with Gasteiger partial charge in [-0.25, -0.2) is 13.6 Å². The van der Waals surface area contributed by atoms with Crippen molar-refractivity contribution in [2.45, 2.75) is 11.3 Å². The van der Waals surface area contributed by atoms with Gasteiger partial charge in [0, 0.05) is 7.11 Å². The molecule has 0 spiro atoms. The Kier molecular flexibility index (Phi) is 7.96. The third-order valence-corrected chi connectivity index (χ3v) is 3.22. The first-order valence-corrected chi connectivity index (χ1v) is 7.01. The Morgan fingerprint density at radius 1 is 1.26 bits per heavy atom. The lowest BCUT2D eigenvalue weighted by Crippen LogP contribution is -2.16. The summed E-state index contributed by atoms with van der Waals surface area (Å²) in [7, 11) is -2.28. The highest BCUT2D eigenvalue weighted by Crippen LogP contribution is 2.24. The van der Waals surface area contributed by atoms with E-state index in [-0.39, 0.29) is 29.7 Å². The van der Waals surface area contributed by atoms with Crippen molar-refractivity contribution in [1.82, 2.24) is 0 Å². The van der Waals surface area contributed by atoms with E-state index in [1.807, 2.05) is 0 Å². The molecule has 19 heavy (non-hydrogen) atoms. The van der Waals surface area contributed by atoms with Crippen LogP contribution in [0.4, 0.5) is 0 Å². The standard InChI is InChI=1S/C11H18N2O4S.ClH/c1-16-6-7-17-10-3-2-9(4-5-12)8-11(10)18(13,14)15;/h2-3,8H,4-7,12H2,1H3,(H2,13,14,15);1H. The number of nitrogens with two attached hydrogens (primary N) is 2. The molecular formula is C11H19ClN2O4S. The average Bonchev–Trinajstić information content (AvgIpc) is 2.30. The van der Waals surface area contributed by atoms with Crippen molar-refractivity contribution in [2.75, 3.05) is 26.9 Å². The molecule has 8 heteroatoms. The van der Waals surface area contributed by atoms with Crippen LogP contribution >= 0.6 is 12.4 Å². The first-order chi connectivity index (χ1) is 8.49. The molecule has 1 aromatic rings. The summed E-state index contributed by atoms with van der Waals surface area (Å²) in [5.41, 5.74) is 6.23. The fourth-order valence-corrected chi connectivity index (χ4v) is 2.17. The van der Waals surface area contributed by atoms with Crippen LogP contribution in [0.5, 0.6) is 5.75 Å². The van der Waals surface area contributed by atoms with E-state index in [0.29, 0.717) is 19.6 Å². The summed E-state index contributed by atoms with van der Waals surface area (Å²) >= 11 is 0. The fourth-order valence-electron chi connectivity index (χ4n) is 1.45. The van der Waals surface area contributed by atoms with Crippen molar-refractivity contribution in [2.24, 2.45) is 10.9 Å². The Morgan fingerprint density at radius 2 is 1.95 bits per heavy atom. The molecule has 0 aliphatic rings. The van der Waals surface area contributed by atoms with Crippen LogP contribution in [0.15, 0.2) is 23.1 Å². The lowest BCUT2D eigenvalue weighted by atomic mass is 10.1. The summed E-state index contributed by atoms with van der Waals surface area (Å²) in [6.45, 7) is 1.07.